The van der Waals surface area contributed by atoms with Crippen molar-refractivity contribution in [1.29, 1.82) is 0 Å². The van der Waals surface area contributed by atoms with Gasteiger partial charge in [0.1, 0.15) is 0 Å². The lowest BCUT2D eigenvalue weighted by Crippen LogP contribution is -1.70. The first-order valence-electron chi connectivity index (χ1n) is 4.90. The van der Waals surface area contributed by atoms with Crippen LogP contribution in [0.25, 0.3) is 0 Å². The van der Waals surface area contributed by atoms with E-state index in [9.17, 15) is 0 Å². The van der Waals surface area contributed by atoms with Gasteiger partial charge in [0, 0.05) is 0 Å². The summed E-state index contributed by atoms with van der Waals surface area (Å²) in [5.41, 5.74) is 2.66. The number of hydrogen-bond donors (Lipinski definition) is 0. The number of hydrogen-bond acceptors (Lipinski definition) is 1. The number of halogens is 1. The third kappa shape index (κ3) is 6.50. The van der Waals surface area contributed by atoms with Gasteiger partial charge in [-0.05, 0) is 38.2 Å². The fourth-order valence-corrected chi connectivity index (χ4v) is 2.17. The van der Waals surface area contributed by atoms with Crippen LogP contribution in [0.1, 0.15) is 24.0 Å². The van der Waals surface area contributed by atoms with E-state index >= 15 is 0 Å². The van der Waals surface area contributed by atoms with Gasteiger partial charge in [-0.2, -0.15) is 11.8 Å². The monoisotopic (exact) mass is 274 g/mol. The summed E-state index contributed by atoms with van der Waals surface area (Å²) in [6.45, 7) is 4.19. The van der Waals surface area contributed by atoms with Gasteiger partial charge in [0.2, 0.25) is 0 Å². The lowest BCUT2D eigenvalue weighted by atomic mass is 10.2. The molecule has 80 valence electrons. The highest BCUT2D eigenvalue weighted by atomic mass is 79.9. The lowest BCUT2D eigenvalue weighted by molar-refractivity contribution is 0.949. The molecule has 14 heavy (non-hydrogen) atoms. The number of aryl methyl sites for hydroxylation is 2. The average molecular weight is 275 g/mol. The molecule has 0 nitrogen and oxygen atoms in total. The first-order valence-corrected chi connectivity index (χ1v) is 6.05. The zero-order chi connectivity index (χ0) is 9.52. The minimum atomic E-state index is 0. The Hall–Kier alpha value is 0.0500. The highest BCUT2D eigenvalue weighted by Gasteiger charge is 1.95. The highest BCUT2D eigenvalue weighted by molar-refractivity contribution is 8.93. The van der Waals surface area contributed by atoms with Gasteiger partial charge in [-0.1, -0.05) is 35.4 Å². The SMILES string of the molecule is Br.C1CCSC1.Cc1ccc(C)cc1. The minimum Gasteiger partial charge on any atom is -0.162 e. The van der Waals surface area contributed by atoms with E-state index in [0.717, 1.165) is 0 Å². The molecule has 2 heteroatoms. The van der Waals surface area contributed by atoms with E-state index in [1.165, 1.54) is 35.5 Å². The normalized spacial score (nSPS) is 13.9. The van der Waals surface area contributed by atoms with Gasteiger partial charge in [0.15, 0.2) is 0 Å². The van der Waals surface area contributed by atoms with E-state index < -0.39 is 0 Å². The molecule has 2 rings (SSSR count). The smallest absolute Gasteiger partial charge is 0.00672 e. The first-order chi connectivity index (χ1) is 6.29. The Kier molecular flexibility index (Phi) is 8.40. The van der Waals surface area contributed by atoms with Gasteiger partial charge >= 0.3 is 0 Å². The Morgan fingerprint density at radius 2 is 1.21 bits per heavy atom. The minimum absolute atomic E-state index is 0. The summed E-state index contributed by atoms with van der Waals surface area (Å²) >= 11 is 2.07. The Morgan fingerprint density at radius 3 is 1.43 bits per heavy atom. The molecule has 1 aromatic carbocycles. The fraction of sp³-hybridized carbons (Fsp3) is 0.500. The maximum Gasteiger partial charge on any atom is -0.00672 e. The second-order valence-electron chi connectivity index (χ2n) is 3.47. The third-order valence-corrected chi connectivity index (χ3v) is 3.20. The van der Waals surface area contributed by atoms with Crippen LogP contribution in [-0.2, 0) is 0 Å². The van der Waals surface area contributed by atoms with Crippen LogP contribution in [0.2, 0.25) is 0 Å². The molecular formula is C12H19BrS. The average Bonchev–Trinajstić information content (AvgIpc) is 2.68. The van der Waals surface area contributed by atoms with Crippen molar-refractivity contribution in [2.45, 2.75) is 26.7 Å². The molecule has 0 saturated carbocycles. The van der Waals surface area contributed by atoms with Crippen molar-refractivity contribution in [3.05, 3.63) is 35.4 Å². The summed E-state index contributed by atoms with van der Waals surface area (Å²) in [5.74, 6) is 2.83. The molecule has 0 amide bonds. The predicted molar refractivity (Wildman–Crippen MR) is 72.8 cm³/mol. The van der Waals surface area contributed by atoms with Gasteiger partial charge in [-0.3, -0.25) is 0 Å². The predicted octanol–water partition coefficient (Wildman–Crippen LogP) is 4.39. The second kappa shape index (κ2) is 8.37. The Balaban J connectivity index is 0.000000246. The highest BCUT2D eigenvalue weighted by Crippen LogP contribution is 2.14. The second-order valence-corrected chi connectivity index (χ2v) is 4.70. The molecule has 1 aromatic rings. The van der Waals surface area contributed by atoms with Crippen LogP contribution in [0.5, 0.6) is 0 Å². The van der Waals surface area contributed by atoms with Crippen LogP contribution < -0.4 is 0 Å². The molecule has 1 aliphatic heterocycles. The molecule has 0 aromatic heterocycles. The zero-order valence-electron chi connectivity index (χ0n) is 8.95. The first kappa shape index (κ1) is 14.1. The van der Waals surface area contributed by atoms with Gasteiger partial charge in [-0.15, -0.1) is 17.0 Å². The van der Waals surface area contributed by atoms with Gasteiger partial charge in [-0.25, -0.2) is 0 Å². The van der Waals surface area contributed by atoms with Gasteiger partial charge < -0.3 is 0 Å². The van der Waals surface area contributed by atoms with Crippen molar-refractivity contribution >= 4 is 28.7 Å². The lowest BCUT2D eigenvalue weighted by Gasteiger charge is -1.90. The van der Waals surface area contributed by atoms with E-state index in [1.54, 1.807) is 0 Å². The molecule has 0 atom stereocenters. The quantitative estimate of drug-likeness (QED) is 0.676. The molecule has 0 N–H and O–H groups in total. The van der Waals surface area contributed by atoms with Crippen molar-refractivity contribution in [2.24, 2.45) is 0 Å². The fourth-order valence-electron chi connectivity index (χ4n) is 1.15. The molecule has 1 fully saturated rings. The summed E-state index contributed by atoms with van der Waals surface area (Å²) < 4.78 is 0. The van der Waals surface area contributed by atoms with Gasteiger partial charge in [0.05, 0.1) is 0 Å². The van der Waals surface area contributed by atoms with E-state index in [4.69, 9.17) is 0 Å². The van der Waals surface area contributed by atoms with E-state index in [0.29, 0.717) is 0 Å². The maximum atomic E-state index is 2.12. The van der Waals surface area contributed by atoms with Crippen LogP contribution in [0.4, 0.5) is 0 Å². The summed E-state index contributed by atoms with van der Waals surface area (Å²) in [6, 6.07) is 8.48. The molecular weight excluding hydrogens is 256 g/mol. The van der Waals surface area contributed by atoms with Gasteiger partial charge in [0.25, 0.3) is 0 Å². The van der Waals surface area contributed by atoms with Crippen molar-refractivity contribution < 1.29 is 0 Å². The van der Waals surface area contributed by atoms with Crippen molar-refractivity contribution in [1.82, 2.24) is 0 Å². The Bertz CT molecular complexity index is 198. The summed E-state index contributed by atoms with van der Waals surface area (Å²) in [5, 5.41) is 0. The van der Waals surface area contributed by atoms with Crippen molar-refractivity contribution in [3.8, 4) is 0 Å². The van der Waals surface area contributed by atoms with Crippen molar-refractivity contribution in [2.75, 3.05) is 11.5 Å². The van der Waals surface area contributed by atoms with E-state index in [2.05, 4.69) is 49.9 Å². The van der Waals surface area contributed by atoms with Crippen molar-refractivity contribution in [3.63, 3.8) is 0 Å². The number of rotatable bonds is 0. The van der Waals surface area contributed by atoms with E-state index in [-0.39, 0.29) is 17.0 Å². The third-order valence-electron chi connectivity index (χ3n) is 2.05. The van der Waals surface area contributed by atoms with Crippen LogP contribution in [-0.4, -0.2) is 11.5 Å². The summed E-state index contributed by atoms with van der Waals surface area (Å²) in [6.07, 6.45) is 2.93. The van der Waals surface area contributed by atoms with Crippen LogP contribution in [0.15, 0.2) is 24.3 Å². The molecule has 0 unspecified atom stereocenters. The van der Waals surface area contributed by atoms with Crippen LogP contribution >= 0.6 is 28.7 Å². The summed E-state index contributed by atoms with van der Waals surface area (Å²) in [7, 11) is 0. The van der Waals surface area contributed by atoms with Crippen LogP contribution in [0.3, 0.4) is 0 Å². The Labute approximate surface area is 102 Å². The number of benzene rings is 1. The molecule has 0 radical (unpaired) electrons. The molecule has 0 bridgehead atoms. The Morgan fingerprint density at radius 1 is 0.857 bits per heavy atom. The molecule has 0 aliphatic carbocycles. The zero-order valence-corrected chi connectivity index (χ0v) is 11.5. The topological polar surface area (TPSA) is 0 Å². The van der Waals surface area contributed by atoms with Crippen LogP contribution in [0, 0.1) is 13.8 Å². The van der Waals surface area contributed by atoms with E-state index in [1.807, 2.05) is 0 Å². The number of thioether (sulfide) groups is 1. The molecule has 1 aliphatic rings. The largest absolute Gasteiger partial charge is 0.162 e. The maximum absolute atomic E-state index is 2.12. The standard InChI is InChI=1S/C8H10.C4H8S.BrH/c1-7-3-5-8(2)6-4-7;1-2-4-5-3-1;/h3-6H,1-2H3;1-4H2;1H. The molecule has 1 heterocycles. The summed E-state index contributed by atoms with van der Waals surface area (Å²) in [4.78, 5) is 0. The molecule has 1 saturated heterocycles. The molecule has 0 spiro atoms.